The summed E-state index contributed by atoms with van der Waals surface area (Å²) in [7, 11) is 0. The largest absolute Gasteiger partial charge is 0.387 e. The van der Waals surface area contributed by atoms with E-state index in [0.717, 1.165) is 50.3 Å². The number of rotatable bonds is 8. The Morgan fingerprint density at radius 1 is 1.15 bits per heavy atom. The number of carbonyl (C=O) groups excluding carboxylic acids is 1. The molecule has 2 heterocycles. The summed E-state index contributed by atoms with van der Waals surface area (Å²) in [6, 6.07) is 12.4. The van der Waals surface area contributed by atoms with Gasteiger partial charge >= 0.3 is 0 Å². The molecule has 0 radical (unpaired) electrons. The molecular weight excluding hydrogens is 358 g/mol. The van der Waals surface area contributed by atoms with Crippen LogP contribution in [0.5, 0.6) is 0 Å². The topological polar surface area (TPSA) is 86.3 Å². The third-order valence-electron chi connectivity index (χ3n) is 4.73. The summed E-state index contributed by atoms with van der Waals surface area (Å²) in [6.45, 7) is 3.24. The van der Waals surface area contributed by atoms with Gasteiger partial charge in [-0.15, -0.1) is 11.8 Å². The Morgan fingerprint density at radius 2 is 1.81 bits per heavy atom. The first-order chi connectivity index (χ1) is 13.2. The number of amides is 1. The SMILES string of the molecule is N=C(N)C(CCc1ccncc1)Sc1ccc(N2CCN(C=O)CC2)cc1. The Hall–Kier alpha value is -2.54. The van der Waals surface area contributed by atoms with E-state index in [1.807, 2.05) is 12.1 Å². The lowest BCUT2D eigenvalue weighted by atomic mass is 10.1. The summed E-state index contributed by atoms with van der Waals surface area (Å²) in [4.78, 5) is 20.1. The van der Waals surface area contributed by atoms with E-state index in [2.05, 4.69) is 34.1 Å². The molecule has 0 aliphatic carbocycles. The third kappa shape index (κ3) is 5.47. The number of thioether (sulfide) groups is 1. The first-order valence-corrected chi connectivity index (χ1v) is 9.97. The van der Waals surface area contributed by atoms with Crippen LogP contribution < -0.4 is 10.6 Å². The fourth-order valence-electron chi connectivity index (χ4n) is 3.11. The van der Waals surface area contributed by atoms with Gasteiger partial charge in [-0.25, -0.2) is 0 Å². The van der Waals surface area contributed by atoms with Crippen molar-refractivity contribution >= 4 is 29.7 Å². The summed E-state index contributed by atoms with van der Waals surface area (Å²) in [6.07, 6.45) is 6.20. The lowest BCUT2D eigenvalue weighted by Gasteiger charge is -2.34. The average molecular weight is 384 g/mol. The van der Waals surface area contributed by atoms with E-state index in [1.165, 1.54) is 11.3 Å². The quantitative estimate of drug-likeness (QED) is 0.316. The highest BCUT2D eigenvalue weighted by Crippen LogP contribution is 2.28. The molecule has 1 atom stereocenters. The van der Waals surface area contributed by atoms with Crippen molar-refractivity contribution in [1.29, 1.82) is 5.41 Å². The highest BCUT2D eigenvalue weighted by Gasteiger charge is 2.17. The van der Waals surface area contributed by atoms with E-state index in [4.69, 9.17) is 11.1 Å². The lowest BCUT2D eigenvalue weighted by molar-refractivity contribution is -0.118. The predicted molar refractivity (Wildman–Crippen MR) is 110 cm³/mol. The predicted octanol–water partition coefficient (Wildman–Crippen LogP) is 2.39. The van der Waals surface area contributed by atoms with Gasteiger partial charge in [-0.3, -0.25) is 15.2 Å². The first kappa shape index (κ1) is 19.2. The van der Waals surface area contributed by atoms with E-state index in [-0.39, 0.29) is 11.1 Å². The highest BCUT2D eigenvalue weighted by atomic mass is 32.2. The molecule has 0 spiro atoms. The maximum Gasteiger partial charge on any atom is 0.209 e. The van der Waals surface area contributed by atoms with Crippen molar-refractivity contribution in [3.05, 3.63) is 54.4 Å². The summed E-state index contributed by atoms with van der Waals surface area (Å²) < 4.78 is 0. The number of amidine groups is 1. The number of benzene rings is 1. The van der Waals surface area contributed by atoms with Gasteiger partial charge in [0.15, 0.2) is 0 Å². The van der Waals surface area contributed by atoms with Crippen LogP contribution in [-0.2, 0) is 11.2 Å². The van der Waals surface area contributed by atoms with Crippen LogP contribution in [0.15, 0.2) is 53.7 Å². The van der Waals surface area contributed by atoms with Crippen molar-refractivity contribution in [1.82, 2.24) is 9.88 Å². The Kier molecular flexibility index (Phi) is 6.70. The molecule has 1 aliphatic heterocycles. The van der Waals surface area contributed by atoms with Gasteiger partial charge in [-0.1, -0.05) is 0 Å². The minimum absolute atomic E-state index is 0.0415. The number of carbonyl (C=O) groups is 1. The molecule has 1 saturated heterocycles. The van der Waals surface area contributed by atoms with Crippen molar-refractivity contribution in [2.24, 2.45) is 5.73 Å². The highest BCUT2D eigenvalue weighted by molar-refractivity contribution is 8.00. The molecule has 27 heavy (non-hydrogen) atoms. The molecule has 1 aliphatic rings. The monoisotopic (exact) mass is 383 g/mol. The van der Waals surface area contributed by atoms with Crippen LogP contribution in [0.1, 0.15) is 12.0 Å². The number of piperazine rings is 1. The van der Waals surface area contributed by atoms with E-state index in [9.17, 15) is 4.79 Å². The number of nitrogens with one attached hydrogen (secondary N) is 1. The number of hydrogen-bond acceptors (Lipinski definition) is 5. The minimum Gasteiger partial charge on any atom is -0.387 e. The van der Waals surface area contributed by atoms with Crippen molar-refractivity contribution in [3.63, 3.8) is 0 Å². The van der Waals surface area contributed by atoms with Crippen LogP contribution >= 0.6 is 11.8 Å². The number of aryl methyl sites for hydroxylation is 1. The van der Waals surface area contributed by atoms with E-state index in [1.54, 1.807) is 29.1 Å². The molecule has 1 aromatic heterocycles. The molecule has 142 valence electrons. The minimum atomic E-state index is -0.0415. The molecule has 6 nitrogen and oxygen atoms in total. The van der Waals surface area contributed by atoms with Crippen LogP contribution in [0.4, 0.5) is 5.69 Å². The van der Waals surface area contributed by atoms with Crippen LogP contribution in [0, 0.1) is 5.41 Å². The smallest absolute Gasteiger partial charge is 0.209 e. The Labute approximate surface area is 164 Å². The molecular formula is C20H25N5OS. The fourth-order valence-corrected chi connectivity index (χ4v) is 4.09. The Bertz CT molecular complexity index is 745. The number of hydrogen-bond donors (Lipinski definition) is 2. The second-order valence-electron chi connectivity index (χ2n) is 6.58. The zero-order chi connectivity index (χ0) is 19.1. The molecule has 0 bridgehead atoms. The first-order valence-electron chi connectivity index (χ1n) is 9.09. The van der Waals surface area contributed by atoms with Crippen LogP contribution in [0.2, 0.25) is 0 Å². The van der Waals surface area contributed by atoms with Crippen LogP contribution in [0.3, 0.4) is 0 Å². The van der Waals surface area contributed by atoms with Gasteiger partial charge in [0.2, 0.25) is 6.41 Å². The fraction of sp³-hybridized carbons (Fsp3) is 0.350. The van der Waals surface area contributed by atoms with Crippen LogP contribution in [-0.4, -0.2) is 53.6 Å². The zero-order valence-electron chi connectivity index (χ0n) is 15.3. The van der Waals surface area contributed by atoms with Crippen molar-refractivity contribution in [3.8, 4) is 0 Å². The van der Waals surface area contributed by atoms with Crippen molar-refractivity contribution in [2.75, 3.05) is 31.1 Å². The maximum atomic E-state index is 10.8. The standard InChI is InChI=1S/C20H25N5OS/c21-20(22)19(6-1-16-7-9-23-10-8-16)27-18-4-2-17(3-5-18)25-13-11-24(15-26)12-14-25/h2-5,7-10,15,19H,1,6,11-14H2,(H3,21,22). The van der Waals surface area contributed by atoms with Gasteiger partial charge in [-0.2, -0.15) is 0 Å². The van der Waals surface area contributed by atoms with Gasteiger partial charge in [0.25, 0.3) is 0 Å². The molecule has 1 aromatic carbocycles. The number of anilines is 1. The second kappa shape index (κ2) is 9.41. The number of aromatic nitrogens is 1. The van der Waals surface area contributed by atoms with Gasteiger partial charge in [-0.05, 0) is 54.8 Å². The molecule has 2 aromatic rings. The second-order valence-corrected chi connectivity index (χ2v) is 7.85. The van der Waals surface area contributed by atoms with Gasteiger partial charge in [0.05, 0.1) is 5.25 Å². The Balaban J connectivity index is 1.56. The molecule has 3 N–H and O–H groups in total. The average Bonchev–Trinajstić information content (AvgIpc) is 2.72. The molecule has 0 saturated carbocycles. The summed E-state index contributed by atoms with van der Waals surface area (Å²) >= 11 is 1.64. The number of pyridine rings is 1. The summed E-state index contributed by atoms with van der Waals surface area (Å²) in [5.41, 5.74) is 8.21. The lowest BCUT2D eigenvalue weighted by Crippen LogP contribution is -2.45. The van der Waals surface area contributed by atoms with E-state index < -0.39 is 0 Å². The molecule has 3 rings (SSSR count). The maximum absolute atomic E-state index is 10.8. The molecule has 7 heteroatoms. The summed E-state index contributed by atoms with van der Waals surface area (Å²) in [5, 5.41) is 7.87. The number of nitrogens with two attached hydrogens (primary N) is 1. The van der Waals surface area contributed by atoms with Gasteiger partial charge in [0.1, 0.15) is 5.84 Å². The van der Waals surface area contributed by atoms with Crippen molar-refractivity contribution in [2.45, 2.75) is 23.0 Å². The zero-order valence-corrected chi connectivity index (χ0v) is 16.1. The third-order valence-corrected chi connectivity index (χ3v) is 6.05. The van der Waals surface area contributed by atoms with Gasteiger partial charge < -0.3 is 15.5 Å². The molecule has 1 unspecified atom stereocenters. The van der Waals surface area contributed by atoms with Gasteiger partial charge in [0, 0.05) is 49.2 Å². The molecule has 1 amide bonds. The molecule has 1 fully saturated rings. The van der Waals surface area contributed by atoms with E-state index in [0.29, 0.717) is 0 Å². The van der Waals surface area contributed by atoms with E-state index >= 15 is 0 Å². The van der Waals surface area contributed by atoms with Crippen LogP contribution in [0.25, 0.3) is 0 Å². The van der Waals surface area contributed by atoms with Crippen molar-refractivity contribution < 1.29 is 4.79 Å². The Morgan fingerprint density at radius 3 is 2.41 bits per heavy atom. The number of nitrogens with zero attached hydrogens (tertiary/aromatic N) is 3. The normalized spacial score (nSPS) is 15.4. The summed E-state index contributed by atoms with van der Waals surface area (Å²) in [5.74, 6) is 0.211.